The van der Waals surface area contributed by atoms with Gasteiger partial charge in [0.25, 0.3) is 0 Å². The molecule has 1 fully saturated rings. The first-order chi connectivity index (χ1) is 6.20. The van der Waals surface area contributed by atoms with Gasteiger partial charge in [-0.1, -0.05) is 14.0 Å². The molecule has 0 saturated carbocycles. The molecule has 0 aliphatic carbocycles. The van der Waals surface area contributed by atoms with Crippen LogP contribution >= 0.6 is 23.5 Å². The molecule has 82 valence electrons. The Kier molecular flexibility index (Phi) is 7.19. The standard InChI is InChI=1S/C9H14O2S2.CH4/c1-7(2)9(10)11-6-8-12-4-3-5-13-8;/h8H,1,3-6H2,2H3;1H4. The number of ether oxygens (including phenoxy) is 1. The van der Waals surface area contributed by atoms with Crippen LogP contribution in [0.3, 0.4) is 0 Å². The average molecular weight is 234 g/mol. The molecule has 1 rings (SSSR count). The maximum atomic E-state index is 11.0. The van der Waals surface area contributed by atoms with E-state index in [2.05, 4.69) is 6.58 Å². The minimum atomic E-state index is -0.272. The molecule has 0 aromatic rings. The molecule has 0 amide bonds. The summed E-state index contributed by atoms with van der Waals surface area (Å²) in [6, 6.07) is 0. The summed E-state index contributed by atoms with van der Waals surface area (Å²) in [5.41, 5.74) is 0.478. The lowest BCUT2D eigenvalue weighted by Gasteiger charge is -2.20. The Labute approximate surface area is 94.9 Å². The summed E-state index contributed by atoms with van der Waals surface area (Å²) in [5.74, 6) is 2.09. The number of hydrogen-bond donors (Lipinski definition) is 0. The van der Waals surface area contributed by atoms with Crippen molar-refractivity contribution in [3.8, 4) is 0 Å². The molecule has 0 aromatic heterocycles. The van der Waals surface area contributed by atoms with Crippen molar-refractivity contribution >= 4 is 29.5 Å². The molecule has 1 aliphatic rings. The Morgan fingerprint density at radius 2 is 2.07 bits per heavy atom. The summed E-state index contributed by atoms with van der Waals surface area (Å²) in [4.78, 5) is 11.0. The second kappa shape index (κ2) is 7.23. The smallest absolute Gasteiger partial charge is 0.333 e. The predicted octanol–water partition coefficient (Wildman–Crippen LogP) is 2.94. The van der Waals surface area contributed by atoms with Crippen molar-refractivity contribution in [2.45, 2.75) is 25.4 Å². The van der Waals surface area contributed by atoms with Gasteiger partial charge < -0.3 is 4.74 Å². The quantitative estimate of drug-likeness (QED) is 0.554. The van der Waals surface area contributed by atoms with Gasteiger partial charge in [0, 0.05) is 5.57 Å². The minimum Gasteiger partial charge on any atom is -0.460 e. The first-order valence-corrected chi connectivity index (χ1v) is 6.35. The van der Waals surface area contributed by atoms with Crippen LogP contribution in [-0.2, 0) is 9.53 Å². The topological polar surface area (TPSA) is 26.3 Å². The molecule has 0 atom stereocenters. The van der Waals surface area contributed by atoms with Gasteiger partial charge in [-0.05, 0) is 24.9 Å². The van der Waals surface area contributed by atoms with Gasteiger partial charge in [0.05, 0.1) is 4.58 Å². The monoisotopic (exact) mass is 234 g/mol. The normalized spacial score (nSPS) is 16.9. The van der Waals surface area contributed by atoms with Gasteiger partial charge in [-0.2, -0.15) is 0 Å². The van der Waals surface area contributed by atoms with Crippen molar-refractivity contribution in [3.63, 3.8) is 0 Å². The summed E-state index contributed by atoms with van der Waals surface area (Å²) < 4.78 is 5.49. The summed E-state index contributed by atoms with van der Waals surface area (Å²) in [5, 5.41) is 0. The highest BCUT2D eigenvalue weighted by molar-refractivity contribution is 8.17. The van der Waals surface area contributed by atoms with Crippen molar-refractivity contribution in [1.82, 2.24) is 0 Å². The van der Waals surface area contributed by atoms with Gasteiger partial charge in [-0.3, -0.25) is 0 Å². The lowest BCUT2D eigenvalue weighted by molar-refractivity contribution is -0.138. The first kappa shape index (κ1) is 13.9. The van der Waals surface area contributed by atoms with E-state index in [0.717, 1.165) is 0 Å². The van der Waals surface area contributed by atoms with E-state index in [1.165, 1.54) is 17.9 Å². The SMILES string of the molecule is C.C=C(C)C(=O)OCC1SCCCS1. The number of hydrogen-bond acceptors (Lipinski definition) is 4. The molecule has 0 spiro atoms. The van der Waals surface area contributed by atoms with E-state index >= 15 is 0 Å². The van der Waals surface area contributed by atoms with Gasteiger partial charge in [0.2, 0.25) is 0 Å². The van der Waals surface area contributed by atoms with Gasteiger partial charge in [0.1, 0.15) is 6.61 Å². The second-order valence-corrected chi connectivity index (χ2v) is 5.82. The zero-order valence-electron chi connectivity index (χ0n) is 7.75. The van der Waals surface area contributed by atoms with Crippen LogP contribution in [0.4, 0.5) is 0 Å². The van der Waals surface area contributed by atoms with Crippen LogP contribution in [-0.4, -0.2) is 28.7 Å². The zero-order valence-corrected chi connectivity index (χ0v) is 9.38. The summed E-state index contributed by atoms with van der Waals surface area (Å²) >= 11 is 3.75. The summed E-state index contributed by atoms with van der Waals surface area (Å²) in [6.07, 6.45) is 1.26. The van der Waals surface area contributed by atoms with Gasteiger partial charge in [0.15, 0.2) is 0 Å². The molecule has 1 heterocycles. The third kappa shape index (κ3) is 4.96. The van der Waals surface area contributed by atoms with Crippen LogP contribution in [0, 0.1) is 0 Å². The maximum Gasteiger partial charge on any atom is 0.333 e. The van der Waals surface area contributed by atoms with Crippen LogP contribution in [0.2, 0.25) is 0 Å². The highest BCUT2D eigenvalue weighted by Crippen LogP contribution is 2.30. The number of thioether (sulfide) groups is 2. The molecule has 14 heavy (non-hydrogen) atoms. The third-order valence-corrected chi connectivity index (χ3v) is 4.48. The Morgan fingerprint density at radius 1 is 1.50 bits per heavy atom. The second-order valence-electron chi connectivity index (χ2n) is 2.90. The van der Waals surface area contributed by atoms with Gasteiger partial charge in [-0.15, -0.1) is 23.5 Å². The molecular weight excluding hydrogens is 216 g/mol. The molecule has 0 bridgehead atoms. The fourth-order valence-electron chi connectivity index (χ4n) is 0.900. The fourth-order valence-corrected chi connectivity index (χ4v) is 3.52. The van der Waals surface area contributed by atoms with E-state index in [1.54, 1.807) is 6.92 Å². The number of esters is 1. The lowest BCUT2D eigenvalue weighted by atomic mass is 10.4. The van der Waals surface area contributed by atoms with E-state index in [1.807, 2.05) is 23.5 Å². The molecule has 1 saturated heterocycles. The van der Waals surface area contributed by atoms with Crippen LogP contribution in [0.25, 0.3) is 0 Å². The predicted molar refractivity (Wildman–Crippen MR) is 65.8 cm³/mol. The highest BCUT2D eigenvalue weighted by atomic mass is 32.2. The lowest BCUT2D eigenvalue weighted by Crippen LogP contribution is -2.17. The molecular formula is C10H18O2S2. The molecule has 0 radical (unpaired) electrons. The van der Waals surface area contributed by atoms with E-state index in [0.29, 0.717) is 16.8 Å². The van der Waals surface area contributed by atoms with Crippen molar-refractivity contribution in [2.75, 3.05) is 18.1 Å². The number of carbonyl (C=O) groups excluding carboxylic acids is 1. The fraction of sp³-hybridized carbons (Fsp3) is 0.700. The largest absolute Gasteiger partial charge is 0.460 e. The highest BCUT2D eigenvalue weighted by Gasteiger charge is 2.16. The van der Waals surface area contributed by atoms with E-state index in [9.17, 15) is 4.79 Å². The number of carbonyl (C=O) groups is 1. The molecule has 4 heteroatoms. The number of rotatable bonds is 3. The Hall–Kier alpha value is -0.0900. The van der Waals surface area contributed by atoms with Crippen molar-refractivity contribution in [3.05, 3.63) is 12.2 Å². The molecule has 0 N–H and O–H groups in total. The molecule has 2 nitrogen and oxygen atoms in total. The molecule has 0 aromatic carbocycles. The average Bonchev–Trinajstić information content (AvgIpc) is 2.15. The summed E-state index contributed by atoms with van der Waals surface area (Å²) in [6.45, 7) is 5.72. The Morgan fingerprint density at radius 3 is 2.57 bits per heavy atom. The van der Waals surface area contributed by atoms with E-state index in [4.69, 9.17) is 4.74 Å². The Bertz CT molecular complexity index is 198. The van der Waals surface area contributed by atoms with Gasteiger partial charge >= 0.3 is 5.97 Å². The zero-order chi connectivity index (χ0) is 9.68. The van der Waals surface area contributed by atoms with E-state index < -0.39 is 0 Å². The van der Waals surface area contributed by atoms with Crippen LogP contribution in [0.15, 0.2) is 12.2 Å². The third-order valence-electron chi connectivity index (χ3n) is 1.60. The van der Waals surface area contributed by atoms with Crippen LogP contribution < -0.4 is 0 Å². The van der Waals surface area contributed by atoms with Crippen molar-refractivity contribution < 1.29 is 9.53 Å². The first-order valence-electron chi connectivity index (χ1n) is 4.26. The van der Waals surface area contributed by atoms with Gasteiger partial charge in [-0.25, -0.2) is 4.79 Å². The maximum absolute atomic E-state index is 11.0. The van der Waals surface area contributed by atoms with Crippen molar-refractivity contribution in [2.24, 2.45) is 0 Å². The van der Waals surface area contributed by atoms with Crippen LogP contribution in [0.1, 0.15) is 20.8 Å². The molecule has 0 unspecified atom stereocenters. The van der Waals surface area contributed by atoms with Crippen molar-refractivity contribution in [1.29, 1.82) is 0 Å². The summed E-state index contributed by atoms with van der Waals surface area (Å²) in [7, 11) is 0. The van der Waals surface area contributed by atoms with Crippen LogP contribution in [0.5, 0.6) is 0 Å². The Balaban J connectivity index is 0.00000169. The minimum absolute atomic E-state index is 0. The van der Waals surface area contributed by atoms with E-state index in [-0.39, 0.29) is 13.4 Å². The molecule has 1 aliphatic heterocycles.